The Bertz CT molecular complexity index is 462. The fraction of sp³-hybridized carbons (Fsp3) is 0.500. The first-order valence-corrected chi connectivity index (χ1v) is 7.35. The number of ketones is 1. The van der Waals surface area contributed by atoms with Gasteiger partial charge in [0, 0.05) is 43.7 Å². The second-order valence-electron chi connectivity index (χ2n) is 5.12. The summed E-state index contributed by atoms with van der Waals surface area (Å²) in [5.41, 5.74) is 1.69. The number of carbonyl (C=O) groups excluding carboxylic acids is 2. The second kappa shape index (κ2) is 7.08. The second-order valence-corrected chi connectivity index (χ2v) is 5.12. The molecule has 1 N–H and O–H groups in total. The number of nitrogens with zero attached hydrogens (tertiary/aromatic N) is 1. The van der Waals surface area contributed by atoms with E-state index in [1.165, 1.54) is 0 Å². The van der Waals surface area contributed by atoms with Gasteiger partial charge in [-0.2, -0.15) is 0 Å². The molecule has 0 bridgehead atoms. The van der Waals surface area contributed by atoms with E-state index in [0.717, 1.165) is 37.2 Å². The van der Waals surface area contributed by atoms with E-state index in [2.05, 4.69) is 5.32 Å². The summed E-state index contributed by atoms with van der Waals surface area (Å²) in [5, 5.41) is 3.22. The molecule has 1 heterocycles. The van der Waals surface area contributed by atoms with Crippen molar-refractivity contribution in [1.82, 2.24) is 4.90 Å². The molecule has 0 radical (unpaired) electrons. The quantitative estimate of drug-likeness (QED) is 0.811. The van der Waals surface area contributed by atoms with Crippen LogP contribution in [0.1, 0.15) is 43.0 Å². The Balaban J connectivity index is 1.76. The smallest absolute Gasteiger partial charge is 0.224 e. The lowest BCUT2D eigenvalue weighted by Gasteiger charge is -2.15. The zero-order chi connectivity index (χ0) is 14.4. The summed E-state index contributed by atoms with van der Waals surface area (Å²) < 4.78 is 0. The van der Waals surface area contributed by atoms with Crippen LogP contribution in [0.25, 0.3) is 0 Å². The van der Waals surface area contributed by atoms with Gasteiger partial charge in [-0.1, -0.05) is 6.92 Å². The molecule has 1 aromatic carbocycles. The van der Waals surface area contributed by atoms with Crippen molar-refractivity contribution < 1.29 is 9.59 Å². The predicted octanol–water partition coefficient (Wildman–Crippen LogP) is 2.70. The van der Waals surface area contributed by atoms with Crippen molar-refractivity contribution in [2.24, 2.45) is 0 Å². The molecule has 1 amide bonds. The fourth-order valence-corrected chi connectivity index (χ4v) is 2.42. The van der Waals surface area contributed by atoms with Gasteiger partial charge in [0.2, 0.25) is 5.91 Å². The summed E-state index contributed by atoms with van der Waals surface area (Å²) in [4.78, 5) is 25.3. The van der Waals surface area contributed by atoms with Gasteiger partial charge in [-0.25, -0.2) is 0 Å². The van der Waals surface area contributed by atoms with Crippen LogP contribution in [0.2, 0.25) is 0 Å². The predicted molar refractivity (Wildman–Crippen MR) is 80.0 cm³/mol. The van der Waals surface area contributed by atoms with Gasteiger partial charge < -0.3 is 10.2 Å². The molecular formula is C16H22N2O2. The lowest BCUT2D eigenvalue weighted by Crippen LogP contribution is -2.29. The van der Waals surface area contributed by atoms with Crippen LogP contribution < -0.4 is 5.32 Å². The maximum absolute atomic E-state index is 11.9. The van der Waals surface area contributed by atoms with Crippen LogP contribution in [0.5, 0.6) is 0 Å². The molecule has 1 aliphatic heterocycles. The van der Waals surface area contributed by atoms with Crippen LogP contribution in [0.4, 0.5) is 5.69 Å². The number of nitrogens with one attached hydrogen (secondary N) is 1. The van der Waals surface area contributed by atoms with Crippen LogP contribution in [0, 0.1) is 0 Å². The molecule has 0 unspecified atom stereocenters. The van der Waals surface area contributed by atoms with Gasteiger partial charge in [0.25, 0.3) is 0 Å². The molecule has 1 aliphatic rings. The molecule has 0 aromatic heterocycles. The van der Waals surface area contributed by atoms with Crippen LogP contribution in [0.3, 0.4) is 0 Å². The standard InChI is InChI=1S/C16H22N2O2/c1-2-15(19)13-5-7-14(8-6-13)17-10-9-16(20)18-11-3-4-12-18/h5-8,17H,2-4,9-12H2,1H3. The third kappa shape index (κ3) is 3.83. The number of benzene rings is 1. The van der Waals surface area contributed by atoms with Crippen LogP contribution in [-0.4, -0.2) is 36.2 Å². The third-order valence-electron chi connectivity index (χ3n) is 3.65. The van der Waals surface area contributed by atoms with E-state index in [4.69, 9.17) is 0 Å². The van der Waals surface area contributed by atoms with E-state index < -0.39 is 0 Å². The molecule has 0 saturated carbocycles. The third-order valence-corrected chi connectivity index (χ3v) is 3.65. The van der Waals surface area contributed by atoms with Crippen LogP contribution >= 0.6 is 0 Å². The SMILES string of the molecule is CCC(=O)c1ccc(NCCC(=O)N2CCCC2)cc1. The molecule has 2 rings (SSSR count). The van der Waals surface area contributed by atoms with Crippen molar-refractivity contribution >= 4 is 17.4 Å². The van der Waals surface area contributed by atoms with Gasteiger partial charge in [0.05, 0.1) is 0 Å². The number of hydrogen-bond acceptors (Lipinski definition) is 3. The molecule has 4 heteroatoms. The molecule has 1 saturated heterocycles. The largest absolute Gasteiger partial charge is 0.385 e. The normalized spacial score (nSPS) is 14.3. The van der Waals surface area contributed by atoms with E-state index in [0.29, 0.717) is 19.4 Å². The van der Waals surface area contributed by atoms with E-state index in [1.54, 1.807) is 0 Å². The highest BCUT2D eigenvalue weighted by Crippen LogP contribution is 2.12. The summed E-state index contributed by atoms with van der Waals surface area (Å²) >= 11 is 0. The molecule has 108 valence electrons. The molecule has 0 atom stereocenters. The number of carbonyl (C=O) groups is 2. The molecular weight excluding hydrogens is 252 g/mol. The lowest BCUT2D eigenvalue weighted by molar-refractivity contribution is -0.129. The minimum atomic E-state index is 0.153. The molecule has 0 aliphatic carbocycles. The Hall–Kier alpha value is -1.84. The van der Waals surface area contributed by atoms with Gasteiger partial charge in [-0.3, -0.25) is 9.59 Å². The maximum Gasteiger partial charge on any atom is 0.224 e. The van der Waals surface area contributed by atoms with Gasteiger partial charge in [-0.05, 0) is 37.1 Å². The van der Waals surface area contributed by atoms with Gasteiger partial charge in [-0.15, -0.1) is 0 Å². The van der Waals surface area contributed by atoms with Crippen molar-refractivity contribution in [2.45, 2.75) is 32.6 Å². The lowest BCUT2D eigenvalue weighted by atomic mass is 10.1. The summed E-state index contributed by atoms with van der Waals surface area (Å²) in [5.74, 6) is 0.383. The highest BCUT2D eigenvalue weighted by Gasteiger charge is 2.16. The Morgan fingerprint density at radius 1 is 1.15 bits per heavy atom. The van der Waals surface area contributed by atoms with E-state index in [-0.39, 0.29) is 11.7 Å². The summed E-state index contributed by atoms with van der Waals surface area (Å²) in [6.45, 7) is 4.31. The highest BCUT2D eigenvalue weighted by atomic mass is 16.2. The Morgan fingerprint density at radius 3 is 2.40 bits per heavy atom. The molecule has 4 nitrogen and oxygen atoms in total. The van der Waals surface area contributed by atoms with E-state index in [1.807, 2.05) is 36.1 Å². The maximum atomic E-state index is 11.9. The monoisotopic (exact) mass is 274 g/mol. The first-order valence-electron chi connectivity index (χ1n) is 7.35. The number of rotatable bonds is 6. The number of hydrogen-bond donors (Lipinski definition) is 1. The van der Waals surface area contributed by atoms with E-state index >= 15 is 0 Å². The topological polar surface area (TPSA) is 49.4 Å². The average molecular weight is 274 g/mol. The van der Waals surface area contributed by atoms with Crippen LogP contribution in [-0.2, 0) is 4.79 Å². The summed E-state index contributed by atoms with van der Waals surface area (Å²) in [6.07, 6.45) is 3.31. The van der Waals surface area contributed by atoms with Crippen molar-refractivity contribution in [3.8, 4) is 0 Å². The number of amides is 1. The average Bonchev–Trinajstić information content (AvgIpc) is 3.01. The van der Waals surface area contributed by atoms with Crippen molar-refractivity contribution in [2.75, 3.05) is 25.0 Å². The van der Waals surface area contributed by atoms with Gasteiger partial charge in [0.1, 0.15) is 0 Å². The number of anilines is 1. The van der Waals surface area contributed by atoms with E-state index in [9.17, 15) is 9.59 Å². The highest BCUT2D eigenvalue weighted by molar-refractivity contribution is 5.96. The van der Waals surface area contributed by atoms with Crippen molar-refractivity contribution in [3.63, 3.8) is 0 Å². The van der Waals surface area contributed by atoms with Gasteiger partial charge >= 0.3 is 0 Å². The molecule has 1 fully saturated rings. The summed E-state index contributed by atoms with van der Waals surface area (Å²) in [6, 6.07) is 7.44. The fourth-order valence-electron chi connectivity index (χ4n) is 2.42. The molecule has 0 spiro atoms. The number of likely N-dealkylation sites (tertiary alicyclic amines) is 1. The first-order chi connectivity index (χ1) is 9.70. The Morgan fingerprint density at radius 2 is 1.80 bits per heavy atom. The summed E-state index contributed by atoms with van der Waals surface area (Å²) in [7, 11) is 0. The zero-order valence-electron chi connectivity index (χ0n) is 12.0. The van der Waals surface area contributed by atoms with Gasteiger partial charge in [0.15, 0.2) is 5.78 Å². The van der Waals surface area contributed by atoms with Crippen LogP contribution in [0.15, 0.2) is 24.3 Å². The minimum absolute atomic E-state index is 0.153. The minimum Gasteiger partial charge on any atom is -0.385 e. The van der Waals surface area contributed by atoms with Crippen molar-refractivity contribution in [3.05, 3.63) is 29.8 Å². The first kappa shape index (κ1) is 14.6. The molecule has 20 heavy (non-hydrogen) atoms. The Kier molecular flexibility index (Phi) is 5.16. The zero-order valence-corrected chi connectivity index (χ0v) is 12.0. The number of Topliss-reactive ketones (excluding diaryl/α,β-unsaturated/α-hetero) is 1. The van der Waals surface area contributed by atoms with Crippen molar-refractivity contribution in [1.29, 1.82) is 0 Å². The Labute approximate surface area is 120 Å². The molecule has 1 aromatic rings.